The second-order valence-electron chi connectivity index (χ2n) is 11.1. The number of rotatable bonds is 3. The van der Waals surface area contributed by atoms with Crippen LogP contribution in [0.5, 0.6) is 0 Å². The second kappa shape index (κ2) is 8.04. The molecule has 3 fully saturated rings. The fraction of sp³-hybridized carbons (Fsp3) is 0.643. The monoisotopic (exact) mass is 436 g/mol. The molecule has 3 saturated carbocycles. The van der Waals surface area contributed by atoms with Gasteiger partial charge in [-0.05, 0) is 80.2 Å². The Labute approximate surface area is 191 Å². The second-order valence-corrected chi connectivity index (χ2v) is 11.1. The Balaban J connectivity index is 1.33. The maximum atomic E-state index is 12.8. The molecule has 4 aliphatic rings. The molecular weight excluding hydrogens is 400 g/mol. The summed E-state index contributed by atoms with van der Waals surface area (Å²) >= 11 is 0. The smallest absolute Gasteiger partial charge is 0.338 e. The van der Waals surface area contributed by atoms with E-state index in [0.717, 1.165) is 44.9 Å². The highest BCUT2D eigenvalue weighted by atomic mass is 16.5. The molecular formula is C28H36O4. The van der Waals surface area contributed by atoms with Crippen molar-refractivity contribution in [1.82, 2.24) is 0 Å². The van der Waals surface area contributed by atoms with Crippen LogP contribution in [0.15, 0.2) is 42.0 Å². The van der Waals surface area contributed by atoms with E-state index in [1.165, 1.54) is 18.9 Å². The molecule has 1 aromatic rings. The van der Waals surface area contributed by atoms with E-state index in [9.17, 15) is 9.59 Å². The topological polar surface area (TPSA) is 52.6 Å². The predicted octanol–water partition coefficient (Wildman–Crippen LogP) is 6.11. The first-order valence-corrected chi connectivity index (χ1v) is 12.4. The SMILES string of the molecule is CC(=O)O[C@H]1CC[C@@]2(C)C(=CC[C@@H]3[C@H]4CC[C@H](OC(=O)c5ccccc5)[C@@]4(C)CC[C@H]32)C1. The molecule has 1 aromatic carbocycles. The minimum Gasteiger partial charge on any atom is -0.462 e. The molecule has 4 heteroatoms. The van der Waals surface area contributed by atoms with Crippen molar-refractivity contribution in [1.29, 1.82) is 0 Å². The van der Waals surface area contributed by atoms with E-state index in [1.54, 1.807) is 0 Å². The van der Waals surface area contributed by atoms with E-state index in [1.807, 2.05) is 30.3 Å². The summed E-state index contributed by atoms with van der Waals surface area (Å²) in [5.74, 6) is 1.61. The highest BCUT2D eigenvalue weighted by Crippen LogP contribution is 2.65. The van der Waals surface area contributed by atoms with E-state index in [2.05, 4.69) is 19.9 Å². The lowest BCUT2D eigenvalue weighted by atomic mass is 9.48. The average Bonchev–Trinajstić information content (AvgIpc) is 3.10. The molecule has 0 aliphatic heterocycles. The van der Waals surface area contributed by atoms with Crippen molar-refractivity contribution in [3.63, 3.8) is 0 Å². The zero-order valence-electron chi connectivity index (χ0n) is 19.6. The van der Waals surface area contributed by atoms with Crippen molar-refractivity contribution in [3.05, 3.63) is 47.5 Å². The molecule has 0 aromatic heterocycles. The largest absolute Gasteiger partial charge is 0.462 e. The van der Waals surface area contributed by atoms with Crippen molar-refractivity contribution in [2.45, 2.75) is 84.3 Å². The van der Waals surface area contributed by atoms with Crippen molar-refractivity contribution >= 4 is 11.9 Å². The molecule has 0 heterocycles. The molecule has 0 unspecified atom stereocenters. The fourth-order valence-electron chi connectivity index (χ4n) is 7.88. The van der Waals surface area contributed by atoms with Crippen LogP contribution < -0.4 is 0 Å². The number of carbonyl (C=O) groups is 2. The van der Waals surface area contributed by atoms with Crippen LogP contribution in [0.4, 0.5) is 0 Å². The molecule has 5 rings (SSSR count). The normalized spacial score (nSPS) is 40.3. The van der Waals surface area contributed by atoms with Crippen molar-refractivity contribution in [2.75, 3.05) is 0 Å². The van der Waals surface area contributed by atoms with Gasteiger partial charge in [0, 0.05) is 18.8 Å². The summed E-state index contributed by atoms with van der Waals surface area (Å²) in [6, 6.07) is 9.40. The van der Waals surface area contributed by atoms with Crippen LogP contribution in [0, 0.1) is 28.6 Å². The van der Waals surface area contributed by atoms with Crippen molar-refractivity contribution in [3.8, 4) is 0 Å². The van der Waals surface area contributed by atoms with Gasteiger partial charge in [-0.25, -0.2) is 4.79 Å². The molecule has 4 nitrogen and oxygen atoms in total. The minimum absolute atomic E-state index is 0.0130. The maximum absolute atomic E-state index is 12.8. The molecule has 4 aliphatic carbocycles. The molecule has 0 spiro atoms. The number of hydrogen-bond donors (Lipinski definition) is 0. The standard InChI is InChI=1S/C28H36O4/c1-18(29)31-21-13-15-27(2)20(17-21)9-10-22-23-11-12-25(28(23,3)16-14-24(22)27)32-26(30)19-7-5-4-6-8-19/h4-9,21-25H,10-17H2,1-3H3/t21-,22+,23+,24+,25-,27-,28-/m0/s1. The van der Waals surface area contributed by atoms with Crippen LogP contribution in [0.25, 0.3) is 0 Å². The summed E-state index contributed by atoms with van der Waals surface area (Å²) in [5.41, 5.74) is 2.46. The Hall–Kier alpha value is -2.10. The lowest BCUT2D eigenvalue weighted by molar-refractivity contribution is -0.148. The molecule has 0 N–H and O–H groups in total. The Morgan fingerprint density at radius 2 is 1.72 bits per heavy atom. The van der Waals surface area contributed by atoms with Crippen LogP contribution >= 0.6 is 0 Å². The average molecular weight is 437 g/mol. The lowest BCUT2D eigenvalue weighted by Crippen LogP contribution is -2.51. The molecule has 0 radical (unpaired) electrons. The molecule has 172 valence electrons. The molecule has 0 saturated heterocycles. The third kappa shape index (κ3) is 3.50. The number of esters is 2. The van der Waals surface area contributed by atoms with E-state index < -0.39 is 0 Å². The van der Waals surface area contributed by atoms with Crippen LogP contribution in [0.2, 0.25) is 0 Å². The van der Waals surface area contributed by atoms with Gasteiger partial charge < -0.3 is 9.47 Å². The van der Waals surface area contributed by atoms with Gasteiger partial charge in [0.2, 0.25) is 0 Å². The van der Waals surface area contributed by atoms with Crippen LogP contribution in [0.3, 0.4) is 0 Å². The van der Waals surface area contributed by atoms with Crippen LogP contribution in [-0.4, -0.2) is 24.1 Å². The van der Waals surface area contributed by atoms with Gasteiger partial charge in [-0.1, -0.05) is 43.7 Å². The minimum atomic E-state index is -0.179. The van der Waals surface area contributed by atoms with Gasteiger partial charge >= 0.3 is 11.9 Å². The first-order chi connectivity index (χ1) is 15.3. The number of ether oxygens (including phenoxy) is 2. The first kappa shape index (κ1) is 21.7. The third-order valence-electron chi connectivity index (χ3n) is 9.56. The van der Waals surface area contributed by atoms with Gasteiger partial charge in [-0.2, -0.15) is 0 Å². The van der Waals surface area contributed by atoms with Crippen molar-refractivity contribution in [2.24, 2.45) is 28.6 Å². The van der Waals surface area contributed by atoms with E-state index >= 15 is 0 Å². The lowest BCUT2D eigenvalue weighted by Gasteiger charge is -2.57. The summed E-state index contributed by atoms with van der Waals surface area (Å²) in [4.78, 5) is 24.2. The van der Waals surface area contributed by atoms with Gasteiger partial charge in [0.05, 0.1) is 5.56 Å². The molecule has 0 amide bonds. The van der Waals surface area contributed by atoms with Gasteiger partial charge in [0.25, 0.3) is 0 Å². The fourth-order valence-corrected chi connectivity index (χ4v) is 7.88. The molecule has 7 atom stereocenters. The third-order valence-corrected chi connectivity index (χ3v) is 9.56. The number of hydrogen-bond acceptors (Lipinski definition) is 4. The zero-order chi connectivity index (χ0) is 22.5. The highest BCUT2D eigenvalue weighted by molar-refractivity contribution is 5.89. The van der Waals surface area contributed by atoms with E-state index in [4.69, 9.17) is 9.47 Å². The summed E-state index contributed by atoms with van der Waals surface area (Å²) in [5, 5.41) is 0. The van der Waals surface area contributed by atoms with Gasteiger partial charge in [0.1, 0.15) is 12.2 Å². The maximum Gasteiger partial charge on any atom is 0.338 e. The van der Waals surface area contributed by atoms with Gasteiger partial charge in [0.15, 0.2) is 0 Å². The summed E-state index contributed by atoms with van der Waals surface area (Å²) in [7, 11) is 0. The zero-order valence-corrected chi connectivity index (χ0v) is 19.6. The summed E-state index contributed by atoms with van der Waals surface area (Å²) < 4.78 is 11.7. The Kier molecular flexibility index (Phi) is 5.46. The summed E-state index contributed by atoms with van der Waals surface area (Å²) in [6.07, 6.45) is 11.1. The Bertz CT molecular complexity index is 921. The highest BCUT2D eigenvalue weighted by Gasteiger charge is 2.59. The number of benzene rings is 1. The Morgan fingerprint density at radius 1 is 0.938 bits per heavy atom. The number of fused-ring (bicyclic) bond motifs is 5. The molecule has 32 heavy (non-hydrogen) atoms. The van der Waals surface area contributed by atoms with Crippen LogP contribution in [-0.2, 0) is 14.3 Å². The van der Waals surface area contributed by atoms with Crippen LogP contribution in [0.1, 0.15) is 82.5 Å². The first-order valence-electron chi connectivity index (χ1n) is 12.4. The number of carbonyl (C=O) groups excluding carboxylic acids is 2. The number of allylic oxidation sites excluding steroid dienone is 1. The summed E-state index contributed by atoms with van der Waals surface area (Å²) in [6.45, 7) is 6.36. The molecule has 0 bridgehead atoms. The van der Waals surface area contributed by atoms with Crippen molar-refractivity contribution < 1.29 is 19.1 Å². The predicted molar refractivity (Wildman–Crippen MR) is 123 cm³/mol. The van der Waals surface area contributed by atoms with E-state index in [0.29, 0.717) is 23.3 Å². The van der Waals surface area contributed by atoms with E-state index in [-0.39, 0.29) is 35.0 Å². The van der Waals surface area contributed by atoms with Gasteiger partial charge in [-0.3, -0.25) is 4.79 Å². The van der Waals surface area contributed by atoms with Gasteiger partial charge in [-0.15, -0.1) is 0 Å². The Morgan fingerprint density at radius 3 is 2.47 bits per heavy atom. The quantitative estimate of drug-likeness (QED) is 0.424.